The van der Waals surface area contributed by atoms with Crippen LogP contribution in [0.1, 0.15) is 47.7 Å². The molecule has 2 heterocycles. The van der Waals surface area contributed by atoms with Gasteiger partial charge >= 0.3 is 0 Å². The summed E-state index contributed by atoms with van der Waals surface area (Å²) in [5.74, 6) is 1.32. The monoisotopic (exact) mass is 705 g/mol. The number of piperidine rings is 1. The molecule has 254 valence electrons. The summed E-state index contributed by atoms with van der Waals surface area (Å²) >= 11 is 13.0. The lowest BCUT2D eigenvalue weighted by Gasteiger charge is -2.52. The van der Waals surface area contributed by atoms with E-state index in [0.29, 0.717) is 77.5 Å². The number of ether oxygens (including phenoxy) is 4. The van der Waals surface area contributed by atoms with E-state index >= 15 is 0 Å². The summed E-state index contributed by atoms with van der Waals surface area (Å²) in [6.07, 6.45) is 1.65. The number of likely N-dealkylation sites (N-methyl/N-ethyl adjacent to an activating group) is 1. The third-order valence-electron chi connectivity index (χ3n) is 9.94. The summed E-state index contributed by atoms with van der Waals surface area (Å²) in [4.78, 5) is 32.0. The number of likely N-dealkylation sites (tertiary alicyclic amines) is 2. The lowest BCUT2D eigenvalue weighted by atomic mass is 9.61. The predicted octanol–water partition coefficient (Wildman–Crippen LogP) is 6.14. The molecule has 2 fully saturated rings. The van der Waals surface area contributed by atoms with Crippen molar-refractivity contribution < 1.29 is 28.5 Å². The summed E-state index contributed by atoms with van der Waals surface area (Å²) in [6.45, 7) is 4.37. The molecular weight excluding hydrogens is 665 g/mol. The summed E-state index contributed by atoms with van der Waals surface area (Å²) in [6, 6.07) is 16.5. The minimum Gasteiger partial charge on any atom is -0.497 e. The Morgan fingerprint density at radius 1 is 0.872 bits per heavy atom. The molecule has 5 rings (SSSR count). The smallest absolute Gasteiger partial charge is 0.254 e. The van der Waals surface area contributed by atoms with Crippen LogP contribution in [0.15, 0.2) is 54.6 Å². The second kappa shape index (κ2) is 14.8. The van der Waals surface area contributed by atoms with Gasteiger partial charge in [-0.25, -0.2) is 0 Å². The lowest BCUT2D eigenvalue weighted by Crippen LogP contribution is -2.61. The molecular formula is C35H42Cl3N3O6. The van der Waals surface area contributed by atoms with E-state index < -0.39 is 10.8 Å². The van der Waals surface area contributed by atoms with Crippen molar-refractivity contribution in [1.82, 2.24) is 9.80 Å². The summed E-state index contributed by atoms with van der Waals surface area (Å²) in [5, 5.41) is 0.878. The maximum absolute atomic E-state index is 14.2. The molecule has 2 N–H and O–H groups in total. The van der Waals surface area contributed by atoms with E-state index in [4.69, 9.17) is 47.9 Å². The fraction of sp³-hybridized carbons (Fsp3) is 0.429. The van der Waals surface area contributed by atoms with Crippen LogP contribution in [0.5, 0.6) is 23.0 Å². The Hall–Kier alpha value is -3.37. The molecule has 3 aromatic rings. The van der Waals surface area contributed by atoms with Crippen molar-refractivity contribution in [3.63, 3.8) is 0 Å². The fourth-order valence-corrected chi connectivity index (χ4v) is 7.72. The zero-order valence-electron chi connectivity index (χ0n) is 27.3. The van der Waals surface area contributed by atoms with Gasteiger partial charge in [-0.15, -0.1) is 12.4 Å². The highest BCUT2D eigenvalue weighted by Crippen LogP contribution is 2.50. The number of primary amides is 1. The normalized spacial score (nSPS) is 22.7. The van der Waals surface area contributed by atoms with Gasteiger partial charge in [-0.1, -0.05) is 48.3 Å². The highest BCUT2D eigenvalue weighted by Gasteiger charge is 2.55. The molecule has 3 atom stereocenters. The second-order valence-electron chi connectivity index (χ2n) is 12.0. The van der Waals surface area contributed by atoms with Gasteiger partial charge in [0.2, 0.25) is 11.7 Å². The van der Waals surface area contributed by atoms with Crippen molar-refractivity contribution in [2.45, 2.75) is 43.1 Å². The molecule has 9 nitrogen and oxygen atoms in total. The van der Waals surface area contributed by atoms with Crippen LogP contribution < -0.4 is 24.7 Å². The van der Waals surface area contributed by atoms with Crippen molar-refractivity contribution in [3.8, 4) is 23.0 Å². The van der Waals surface area contributed by atoms with Gasteiger partial charge < -0.3 is 29.6 Å². The SMILES string of the molecule is CCN1CCC(C(N)=O)(c2cccc(OC)c2)CC1C1(c2ccc(Cl)c(Cl)c2)CCN(C(=O)c2cc(OC)c(OC)c(OC)c2)C1.Cl. The fourth-order valence-electron chi connectivity index (χ4n) is 7.42. The Morgan fingerprint density at radius 2 is 1.57 bits per heavy atom. The maximum atomic E-state index is 14.2. The van der Waals surface area contributed by atoms with Gasteiger partial charge in [0.15, 0.2) is 11.5 Å². The molecule has 3 unspecified atom stereocenters. The largest absolute Gasteiger partial charge is 0.497 e. The molecule has 0 radical (unpaired) electrons. The zero-order chi connectivity index (χ0) is 33.2. The van der Waals surface area contributed by atoms with E-state index in [1.54, 1.807) is 25.3 Å². The third kappa shape index (κ3) is 6.55. The first-order chi connectivity index (χ1) is 22.1. The van der Waals surface area contributed by atoms with E-state index in [1.807, 2.05) is 41.3 Å². The van der Waals surface area contributed by atoms with Gasteiger partial charge in [-0.3, -0.25) is 14.5 Å². The number of methoxy groups -OCH3 is 4. The summed E-state index contributed by atoms with van der Waals surface area (Å²) < 4.78 is 22.1. The number of amides is 2. The molecule has 3 aromatic carbocycles. The Labute approximate surface area is 292 Å². The molecule has 2 aliphatic heterocycles. The number of rotatable bonds is 10. The predicted molar refractivity (Wildman–Crippen MR) is 186 cm³/mol. The molecule has 0 aromatic heterocycles. The Balaban J connectivity index is 0.00000500. The molecule has 12 heteroatoms. The summed E-state index contributed by atoms with van der Waals surface area (Å²) in [5.41, 5.74) is 6.95. The van der Waals surface area contributed by atoms with Gasteiger partial charge in [-0.2, -0.15) is 0 Å². The number of hydrogen-bond acceptors (Lipinski definition) is 7. The molecule has 0 saturated carbocycles. The number of benzene rings is 3. The number of carbonyl (C=O) groups excluding carboxylic acids is 2. The number of nitrogens with zero attached hydrogens (tertiary/aromatic N) is 2. The molecule has 2 aliphatic rings. The Kier molecular flexibility index (Phi) is 11.5. The van der Waals surface area contributed by atoms with Crippen LogP contribution in [0.3, 0.4) is 0 Å². The van der Waals surface area contributed by atoms with Gasteiger partial charge in [0.1, 0.15) is 5.75 Å². The maximum Gasteiger partial charge on any atom is 0.254 e. The highest BCUT2D eigenvalue weighted by molar-refractivity contribution is 6.42. The molecule has 2 amide bonds. The van der Waals surface area contributed by atoms with E-state index in [-0.39, 0.29) is 30.3 Å². The number of halogens is 3. The van der Waals surface area contributed by atoms with Crippen molar-refractivity contribution in [3.05, 3.63) is 81.3 Å². The van der Waals surface area contributed by atoms with Crippen molar-refractivity contribution in [2.24, 2.45) is 5.73 Å². The first-order valence-corrected chi connectivity index (χ1v) is 16.1. The van der Waals surface area contributed by atoms with Crippen LogP contribution in [0.4, 0.5) is 0 Å². The third-order valence-corrected chi connectivity index (χ3v) is 10.7. The van der Waals surface area contributed by atoms with E-state index in [2.05, 4.69) is 11.8 Å². The lowest BCUT2D eigenvalue weighted by molar-refractivity contribution is -0.127. The topological polar surface area (TPSA) is 104 Å². The number of hydrogen-bond donors (Lipinski definition) is 1. The molecule has 2 saturated heterocycles. The van der Waals surface area contributed by atoms with E-state index in [0.717, 1.165) is 17.7 Å². The van der Waals surface area contributed by atoms with Crippen LogP contribution >= 0.6 is 35.6 Å². The van der Waals surface area contributed by atoms with Gasteiger partial charge in [0.25, 0.3) is 5.91 Å². The first kappa shape index (κ1) is 36.5. The molecule has 0 aliphatic carbocycles. The quantitative estimate of drug-likeness (QED) is 0.270. The zero-order valence-corrected chi connectivity index (χ0v) is 29.6. The minimum atomic E-state index is -0.942. The average molecular weight is 707 g/mol. The second-order valence-corrected chi connectivity index (χ2v) is 12.8. The van der Waals surface area contributed by atoms with Crippen molar-refractivity contribution in [2.75, 3.05) is 54.6 Å². The molecule has 0 bridgehead atoms. The van der Waals surface area contributed by atoms with Crippen molar-refractivity contribution in [1.29, 1.82) is 0 Å². The number of carbonyl (C=O) groups is 2. The van der Waals surface area contributed by atoms with Crippen LogP contribution in [-0.4, -0.2) is 82.3 Å². The van der Waals surface area contributed by atoms with E-state index in [9.17, 15) is 9.59 Å². The standard InChI is InChI=1S/C35H41Cl2N3O6.ClH/c1-6-39-14-12-34(33(38)42,23-8-7-9-25(18-23)43-2)20-30(39)35(24-10-11-26(36)27(37)19-24)13-15-40(21-35)32(41)22-16-28(44-3)31(46-5)29(17-22)45-4;/h7-11,16-19,30H,6,12-15,20-21H2,1-5H3,(H2,38,42);1H. The van der Waals surface area contributed by atoms with Crippen LogP contribution in [0.25, 0.3) is 0 Å². The van der Waals surface area contributed by atoms with Crippen molar-refractivity contribution >= 4 is 47.4 Å². The molecule has 0 spiro atoms. The Bertz CT molecular complexity index is 1600. The summed E-state index contributed by atoms with van der Waals surface area (Å²) in [7, 11) is 6.17. The first-order valence-electron chi connectivity index (χ1n) is 15.3. The average Bonchev–Trinajstić information content (AvgIpc) is 3.54. The minimum absolute atomic E-state index is 0. The van der Waals surface area contributed by atoms with E-state index in [1.165, 1.54) is 21.3 Å². The van der Waals surface area contributed by atoms with Crippen LogP contribution in [0, 0.1) is 0 Å². The molecule has 47 heavy (non-hydrogen) atoms. The van der Waals surface area contributed by atoms with Gasteiger partial charge in [0, 0.05) is 30.1 Å². The number of nitrogens with two attached hydrogens (primary N) is 1. The van der Waals surface area contributed by atoms with Crippen LogP contribution in [-0.2, 0) is 15.6 Å². The van der Waals surface area contributed by atoms with Gasteiger partial charge in [-0.05, 0) is 79.9 Å². The Morgan fingerprint density at radius 3 is 2.15 bits per heavy atom. The highest BCUT2D eigenvalue weighted by atomic mass is 35.5. The van der Waals surface area contributed by atoms with Crippen LogP contribution in [0.2, 0.25) is 10.0 Å². The van der Waals surface area contributed by atoms with Gasteiger partial charge in [0.05, 0.1) is 43.9 Å².